The third kappa shape index (κ3) is 3.65. The molecule has 0 aliphatic rings. The lowest BCUT2D eigenvalue weighted by Crippen LogP contribution is -2.37. The summed E-state index contributed by atoms with van der Waals surface area (Å²) in [6.45, 7) is 8.09. The van der Waals surface area contributed by atoms with Crippen molar-refractivity contribution in [3.05, 3.63) is 34.7 Å². The Hall–Kier alpha value is -1.88. The molecule has 0 saturated carbocycles. The molecule has 1 atom stereocenters. The monoisotopic (exact) mass is 319 g/mol. The zero-order valence-electron chi connectivity index (χ0n) is 13.3. The van der Waals surface area contributed by atoms with E-state index in [4.69, 9.17) is 4.74 Å². The maximum absolute atomic E-state index is 12.3. The number of esters is 1. The maximum atomic E-state index is 12.3. The Morgan fingerprint density at radius 1 is 1.23 bits per heavy atom. The summed E-state index contributed by atoms with van der Waals surface area (Å²) in [6, 6.07) is 7.84. The lowest BCUT2D eigenvalue weighted by molar-refractivity contribution is -0.129. The van der Waals surface area contributed by atoms with E-state index in [1.807, 2.05) is 45.0 Å². The summed E-state index contributed by atoms with van der Waals surface area (Å²) in [7, 11) is 0. The van der Waals surface area contributed by atoms with Gasteiger partial charge in [0.1, 0.15) is 4.88 Å². The van der Waals surface area contributed by atoms with Gasteiger partial charge in [-0.25, -0.2) is 4.79 Å². The van der Waals surface area contributed by atoms with Crippen LogP contribution in [0.25, 0.3) is 10.1 Å². The van der Waals surface area contributed by atoms with Crippen LogP contribution in [0.15, 0.2) is 24.3 Å². The average molecular weight is 319 g/mol. The molecule has 4 nitrogen and oxygen atoms in total. The first kappa shape index (κ1) is 16.5. The number of thiophene rings is 1. The summed E-state index contributed by atoms with van der Waals surface area (Å²) in [5.41, 5.74) is 0.903. The number of carbonyl (C=O) groups excluding carboxylic acids is 2. The molecule has 118 valence electrons. The van der Waals surface area contributed by atoms with Crippen LogP contribution < -0.4 is 5.32 Å². The van der Waals surface area contributed by atoms with Crippen LogP contribution in [0.5, 0.6) is 0 Å². The molecule has 1 aromatic heterocycles. The second-order valence-electron chi connectivity index (χ2n) is 5.74. The molecule has 0 saturated heterocycles. The Morgan fingerprint density at radius 3 is 2.55 bits per heavy atom. The van der Waals surface area contributed by atoms with E-state index in [-0.39, 0.29) is 5.91 Å². The highest BCUT2D eigenvalue weighted by molar-refractivity contribution is 7.21. The van der Waals surface area contributed by atoms with E-state index >= 15 is 0 Å². The quantitative estimate of drug-likeness (QED) is 0.858. The highest BCUT2D eigenvalue weighted by atomic mass is 32.1. The number of aryl methyl sites for hydroxylation is 1. The lowest BCUT2D eigenvalue weighted by atomic mass is 10.1. The number of rotatable bonds is 5. The molecule has 0 unspecified atom stereocenters. The molecule has 2 rings (SSSR count). The van der Waals surface area contributed by atoms with E-state index in [2.05, 4.69) is 5.32 Å². The van der Waals surface area contributed by atoms with Crippen molar-refractivity contribution in [1.29, 1.82) is 0 Å². The number of fused-ring (bicyclic) bond motifs is 1. The van der Waals surface area contributed by atoms with Crippen LogP contribution in [0.3, 0.4) is 0 Å². The van der Waals surface area contributed by atoms with E-state index in [1.165, 1.54) is 11.3 Å². The molecule has 1 heterocycles. The van der Waals surface area contributed by atoms with E-state index < -0.39 is 12.1 Å². The van der Waals surface area contributed by atoms with Crippen LogP contribution >= 0.6 is 11.3 Å². The molecule has 1 N–H and O–H groups in total. The molecule has 0 aliphatic heterocycles. The molecule has 0 fully saturated rings. The van der Waals surface area contributed by atoms with Crippen LogP contribution in [-0.2, 0) is 9.53 Å². The van der Waals surface area contributed by atoms with Crippen LogP contribution in [-0.4, -0.2) is 24.5 Å². The number of nitrogens with one attached hydrogen (secondary N) is 1. The number of hydrogen-bond acceptors (Lipinski definition) is 4. The van der Waals surface area contributed by atoms with E-state index in [0.717, 1.165) is 15.6 Å². The highest BCUT2D eigenvalue weighted by Gasteiger charge is 2.22. The van der Waals surface area contributed by atoms with Crippen LogP contribution in [0, 0.1) is 12.8 Å². The lowest BCUT2D eigenvalue weighted by Gasteiger charge is -2.14. The average Bonchev–Trinajstić information content (AvgIpc) is 2.82. The summed E-state index contributed by atoms with van der Waals surface area (Å²) in [5, 5.41) is 3.82. The minimum Gasteiger partial charge on any atom is -0.448 e. The van der Waals surface area contributed by atoms with E-state index in [9.17, 15) is 9.59 Å². The first-order valence-corrected chi connectivity index (χ1v) is 8.18. The molecular formula is C17H21NO3S. The Bertz CT molecular complexity index is 690. The van der Waals surface area contributed by atoms with Gasteiger partial charge in [-0.15, -0.1) is 11.3 Å². The summed E-state index contributed by atoms with van der Waals surface area (Å²) in [4.78, 5) is 24.7. The summed E-state index contributed by atoms with van der Waals surface area (Å²) < 4.78 is 6.35. The van der Waals surface area contributed by atoms with Crippen molar-refractivity contribution in [2.75, 3.05) is 6.54 Å². The van der Waals surface area contributed by atoms with Crippen molar-refractivity contribution in [3.8, 4) is 0 Å². The van der Waals surface area contributed by atoms with Gasteiger partial charge in [0, 0.05) is 11.2 Å². The van der Waals surface area contributed by atoms with E-state index in [1.54, 1.807) is 6.92 Å². The summed E-state index contributed by atoms with van der Waals surface area (Å²) in [5.74, 6) is -0.344. The molecule has 22 heavy (non-hydrogen) atoms. The van der Waals surface area contributed by atoms with Crippen molar-refractivity contribution >= 4 is 33.3 Å². The van der Waals surface area contributed by atoms with Gasteiger partial charge in [-0.3, -0.25) is 4.79 Å². The Balaban J connectivity index is 2.07. The number of ether oxygens (including phenoxy) is 1. The van der Waals surface area contributed by atoms with Gasteiger partial charge in [-0.2, -0.15) is 0 Å². The summed E-state index contributed by atoms with van der Waals surface area (Å²) >= 11 is 1.40. The van der Waals surface area contributed by atoms with Crippen molar-refractivity contribution in [2.45, 2.75) is 33.8 Å². The largest absolute Gasteiger partial charge is 0.448 e. The normalized spacial score (nSPS) is 12.4. The predicted octanol–water partition coefficient (Wildman–Crippen LogP) is 3.53. The fraction of sp³-hybridized carbons (Fsp3) is 0.412. The van der Waals surface area contributed by atoms with E-state index in [0.29, 0.717) is 17.3 Å². The van der Waals surface area contributed by atoms with Gasteiger partial charge in [0.25, 0.3) is 5.91 Å². The third-order valence-electron chi connectivity index (χ3n) is 3.37. The summed E-state index contributed by atoms with van der Waals surface area (Å²) in [6.07, 6.45) is -0.795. The zero-order valence-corrected chi connectivity index (χ0v) is 14.1. The molecular weight excluding hydrogens is 298 g/mol. The van der Waals surface area contributed by atoms with Crippen molar-refractivity contribution in [2.24, 2.45) is 5.92 Å². The molecule has 1 amide bonds. The molecule has 5 heteroatoms. The fourth-order valence-corrected chi connectivity index (χ4v) is 3.18. The van der Waals surface area contributed by atoms with Gasteiger partial charge in [-0.1, -0.05) is 32.0 Å². The Labute approximate surface area is 134 Å². The molecule has 0 aliphatic carbocycles. The SMILES string of the molecule is Cc1c(C(=O)O[C@@H](C)C(=O)NCC(C)C)sc2ccccc12. The molecule has 0 spiro atoms. The van der Waals surface area contributed by atoms with Gasteiger partial charge in [0.2, 0.25) is 0 Å². The Morgan fingerprint density at radius 2 is 1.91 bits per heavy atom. The van der Waals surface area contributed by atoms with Gasteiger partial charge in [0.05, 0.1) is 0 Å². The molecule has 0 bridgehead atoms. The minimum atomic E-state index is -0.795. The maximum Gasteiger partial charge on any atom is 0.349 e. The predicted molar refractivity (Wildman–Crippen MR) is 89.3 cm³/mol. The minimum absolute atomic E-state index is 0.263. The van der Waals surface area contributed by atoms with Gasteiger partial charge in [-0.05, 0) is 36.8 Å². The number of hydrogen-bond donors (Lipinski definition) is 1. The zero-order chi connectivity index (χ0) is 16.3. The first-order chi connectivity index (χ1) is 10.4. The van der Waals surface area contributed by atoms with Crippen LogP contribution in [0.1, 0.15) is 36.0 Å². The van der Waals surface area contributed by atoms with Crippen LogP contribution in [0.4, 0.5) is 0 Å². The molecule has 1 aromatic carbocycles. The smallest absolute Gasteiger partial charge is 0.349 e. The molecule has 0 radical (unpaired) electrons. The first-order valence-electron chi connectivity index (χ1n) is 7.37. The second kappa shape index (κ2) is 6.92. The van der Waals surface area contributed by atoms with Crippen molar-refractivity contribution < 1.29 is 14.3 Å². The number of carbonyl (C=O) groups is 2. The number of benzene rings is 1. The topological polar surface area (TPSA) is 55.4 Å². The highest BCUT2D eigenvalue weighted by Crippen LogP contribution is 2.31. The third-order valence-corrected chi connectivity index (χ3v) is 4.62. The van der Waals surface area contributed by atoms with Crippen molar-refractivity contribution in [3.63, 3.8) is 0 Å². The standard InChI is InChI=1S/C17H21NO3S/c1-10(2)9-18-16(19)12(4)21-17(20)15-11(3)13-7-5-6-8-14(13)22-15/h5-8,10,12H,9H2,1-4H3,(H,18,19)/t12-/m0/s1. The number of amides is 1. The Kier molecular flexibility index (Phi) is 5.19. The second-order valence-corrected chi connectivity index (χ2v) is 6.79. The van der Waals surface area contributed by atoms with Crippen molar-refractivity contribution in [1.82, 2.24) is 5.32 Å². The van der Waals surface area contributed by atoms with Gasteiger partial charge in [0.15, 0.2) is 6.10 Å². The van der Waals surface area contributed by atoms with Gasteiger partial charge >= 0.3 is 5.97 Å². The van der Waals surface area contributed by atoms with Crippen LogP contribution in [0.2, 0.25) is 0 Å². The van der Waals surface area contributed by atoms with Gasteiger partial charge < -0.3 is 10.1 Å². The molecule has 2 aromatic rings. The fourth-order valence-electron chi connectivity index (χ4n) is 2.09.